The molecule has 150 valence electrons. The van der Waals surface area contributed by atoms with Crippen molar-refractivity contribution >= 4 is 23.4 Å². The number of anilines is 2. The van der Waals surface area contributed by atoms with E-state index in [2.05, 4.69) is 27.3 Å². The molecule has 3 aromatic rings. The quantitative estimate of drug-likeness (QED) is 0.651. The van der Waals surface area contributed by atoms with Crippen LogP contribution >= 0.6 is 0 Å². The molecule has 0 bridgehead atoms. The van der Waals surface area contributed by atoms with E-state index in [1.807, 2.05) is 44.2 Å². The van der Waals surface area contributed by atoms with Crippen molar-refractivity contribution in [3.05, 3.63) is 65.9 Å². The molecule has 0 aliphatic heterocycles. The third kappa shape index (κ3) is 4.82. The number of carbonyl (C=O) groups excluding carboxylic acids is 2. The molecule has 3 rings (SSSR count). The highest BCUT2D eigenvalue weighted by atomic mass is 16.5. The first-order chi connectivity index (χ1) is 13.9. The van der Waals surface area contributed by atoms with Gasteiger partial charge in [-0.25, -0.2) is 4.79 Å². The lowest BCUT2D eigenvalue weighted by Gasteiger charge is -2.11. The maximum Gasteiger partial charge on any atom is 0.337 e. The number of aryl methyl sites for hydroxylation is 1. The van der Waals surface area contributed by atoms with Crippen LogP contribution in [0.15, 0.2) is 54.7 Å². The summed E-state index contributed by atoms with van der Waals surface area (Å²) >= 11 is 0. The lowest BCUT2D eigenvalue weighted by atomic mass is 10.1. The Morgan fingerprint density at radius 2 is 1.72 bits per heavy atom. The second kappa shape index (κ2) is 8.60. The number of esters is 1. The number of methoxy groups -OCH3 is 1. The molecule has 1 aromatic heterocycles. The molecule has 0 fully saturated rings. The number of ether oxygens (including phenoxy) is 1. The number of aromatic nitrogens is 2. The van der Waals surface area contributed by atoms with Gasteiger partial charge < -0.3 is 15.0 Å². The smallest absolute Gasteiger partial charge is 0.337 e. The summed E-state index contributed by atoms with van der Waals surface area (Å²) in [6.45, 7) is 2.12. The van der Waals surface area contributed by atoms with Crippen LogP contribution in [0.5, 0.6) is 0 Å². The molecule has 0 spiro atoms. The number of hydrogen-bond acceptors (Lipinski definition) is 5. The Bertz CT molecular complexity index is 1010. The fraction of sp³-hybridized carbons (Fsp3) is 0.227. The van der Waals surface area contributed by atoms with Crippen LogP contribution in [-0.2, 0) is 16.1 Å². The average Bonchev–Trinajstić information content (AvgIpc) is 3.12. The largest absolute Gasteiger partial charge is 0.465 e. The Hall–Kier alpha value is -3.61. The summed E-state index contributed by atoms with van der Waals surface area (Å²) in [7, 11) is 5.18. The van der Waals surface area contributed by atoms with Gasteiger partial charge in [-0.1, -0.05) is 29.8 Å². The van der Waals surface area contributed by atoms with Crippen LogP contribution in [0.4, 0.5) is 11.5 Å². The van der Waals surface area contributed by atoms with E-state index in [-0.39, 0.29) is 12.5 Å². The van der Waals surface area contributed by atoms with Gasteiger partial charge in [-0.3, -0.25) is 9.48 Å². The van der Waals surface area contributed by atoms with E-state index < -0.39 is 5.97 Å². The van der Waals surface area contributed by atoms with Crippen LogP contribution in [0.3, 0.4) is 0 Å². The van der Waals surface area contributed by atoms with Crippen molar-refractivity contribution in [3.8, 4) is 11.1 Å². The summed E-state index contributed by atoms with van der Waals surface area (Å²) in [5.41, 5.74) is 4.22. The summed E-state index contributed by atoms with van der Waals surface area (Å²) in [6.07, 6.45) is 1.87. The van der Waals surface area contributed by atoms with Gasteiger partial charge in [0.05, 0.1) is 12.7 Å². The Kier molecular flexibility index (Phi) is 5.97. The second-order valence-electron chi connectivity index (χ2n) is 6.94. The zero-order valence-electron chi connectivity index (χ0n) is 17.0. The number of amides is 1. The molecule has 0 radical (unpaired) electrons. The Balaban J connectivity index is 1.74. The van der Waals surface area contributed by atoms with E-state index in [0.29, 0.717) is 11.3 Å². The minimum atomic E-state index is -0.417. The van der Waals surface area contributed by atoms with Gasteiger partial charge in [0, 0.05) is 31.5 Å². The third-order valence-corrected chi connectivity index (χ3v) is 4.42. The fourth-order valence-corrected chi connectivity index (χ4v) is 2.91. The topological polar surface area (TPSA) is 76.5 Å². The maximum absolute atomic E-state index is 12.5. The number of nitrogens with one attached hydrogen (secondary N) is 1. The van der Waals surface area contributed by atoms with Crippen LogP contribution in [-0.4, -0.2) is 42.9 Å². The van der Waals surface area contributed by atoms with E-state index in [1.54, 1.807) is 28.9 Å². The van der Waals surface area contributed by atoms with Gasteiger partial charge in [-0.05, 0) is 36.8 Å². The first-order valence-electron chi connectivity index (χ1n) is 9.17. The molecule has 0 aliphatic carbocycles. The molecule has 2 aromatic carbocycles. The van der Waals surface area contributed by atoms with E-state index in [4.69, 9.17) is 0 Å². The highest BCUT2D eigenvalue weighted by Gasteiger charge is 2.15. The summed E-state index contributed by atoms with van der Waals surface area (Å²) in [4.78, 5) is 25.9. The van der Waals surface area contributed by atoms with Crippen LogP contribution in [0.2, 0.25) is 0 Å². The lowest BCUT2D eigenvalue weighted by Crippen LogP contribution is -2.19. The molecular weight excluding hydrogens is 368 g/mol. The molecule has 7 nitrogen and oxygen atoms in total. The van der Waals surface area contributed by atoms with Gasteiger partial charge >= 0.3 is 5.97 Å². The molecule has 29 heavy (non-hydrogen) atoms. The summed E-state index contributed by atoms with van der Waals surface area (Å²) < 4.78 is 6.30. The molecule has 1 N–H and O–H groups in total. The van der Waals surface area contributed by atoms with Crippen molar-refractivity contribution in [2.24, 2.45) is 0 Å². The van der Waals surface area contributed by atoms with Crippen LogP contribution in [0.25, 0.3) is 11.1 Å². The molecule has 0 saturated heterocycles. The minimum absolute atomic E-state index is 0.0749. The first kappa shape index (κ1) is 20.1. The van der Waals surface area contributed by atoms with Gasteiger partial charge in [0.1, 0.15) is 6.54 Å². The van der Waals surface area contributed by atoms with Crippen molar-refractivity contribution in [1.82, 2.24) is 9.78 Å². The van der Waals surface area contributed by atoms with Crippen molar-refractivity contribution in [1.29, 1.82) is 0 Å². The Labute approximate surface area is 169 Å². The number of carbonyl (C=O) groups is 2. The van der Waals surface area contributed by atoms with Gasteiger partial charge in [-0.15, -0.1) is 0 Å². The van der Waals surface area contributed by atoms with Gasteiger partial charge in [0.2, 0.25) is 5.91 Å². The zero-order chi connectivity index (χ0) is 21.0. The van der Waals surface area contributed by atoms with Crippen molar-refractivity contribution in [3.63, 3.8) is 0 Å². The van der Waals surface area contributed by atoms with Gasteiger partial charge in [0.15, 0.2) is 5.82 Å². The third-order valence-electron chi connectivity index (χ3n) is 4.42. The maximum atomic E-state index is 12.5. The van der Waals surface area contributed by atoms with E-state index in [0.717, 1.165) is 16.9 Å². The molecule has 0 aliphatic rings. The SMILES string of the molecule is COC(=O)c1ccc(NC(=O)Cn2cc(-c3ccc(C)cc3)c(N(C)C)n2)cc1. The standard InChI is InChI=1S/C22H24N4O3/c1-15-5-7-16(8-6-15)19-13-26(24-21(19)25(2)3)14-20(27)23-18-11-9-17(10-12-18)22(28)29-4/h5-13H,14H2,1-4H3,(H,23,27). The monoisotopic (exact) mass is 392 g/mol. The average molecular weight is 392 g/mol. The molecule has 7 heteroatoms. The zero-order valence-corrected chi connectivity index (χ0v) is 17.0. The summed E-state index contributed by atoms with van der Waals surface area (Å²) in [6, 6.07) is 14.7. The van der Waals surface area contributed by atoms with Crippen molar-refractivity contribution in [2.45, 2.75) is 13.5 Å². The molecule has 0 atom stereocenters. The number of hydrogen-bond donors (Lipinski definition) is 1. The van der Waals surface area contributed by atoms with Crippen LogP contribution in [0, 0.1) is 6.92 Å². The predicted molar refractivity (Wildman–Crippen MR) is 113 cm³/mol. The molecular formula is C22H24N4O3. The van der Waals surface area contributed by atoms with E-state index >= 15 is 0 Å². The highest BCUT2D eigenvalue weighted by Crippen LogP contribution is 2.28. The molecule has 0 unspecified atom stereocenters. The second-order valence-corrected chi connectivity index (χ2v) is 6.94. The molecule has 1 heterocycles. The molecule has 0 saturated carbocycles. The summed E-state index contributed by atoms with van der Waals surface area (Å²) in [5.74, 6) is 0.169. The van der Waals surface area contributed by atoms with E-state index in [9.17, 15) is 9.59 Å². The van der Waals surface area contributed by atoms with Gasteiger partial charge in [-0.2, -0.15) is 5.10 Å². The van der Waals surface area contributed by atoms with Crippen LogP contribution < -0.4 is 10.2 Å². The van der Waals surface area contributed by atoms with Crippen LogP contribution in [0.1, 0.15) is 15.9 Å². The van der Waals surface area contributed by atoms with E-state index in [1.165, 1.54) is 12.7 Å². The number of nitrogens with zero attached hydrogens (tertiary/aromatic N) is 3. The normalized spacial score (nSPS) is 10.5. The minimum Gasteiger partial charge on any atom is -0.465 e. The van der Waals surface area contributed by atoms with Gasteiger partial charge in [0.25, 0.3) is 0 Å². The highest BCUT2D eigenvalue weighted by molar-refractivity contribution is 5.93. The number of rotatable bonds is 6. The van der Waals surface area contributed by atoms with Crippen molar-refractivity contribution in [2.75, 3.05) is 31.4 Å². The Morgan fingerprint density at radius 3 is 2.31 bits per heavy atom. The fourth-order valence-electron chi connectivity index (χ4n) is 2.91. The summed E-state index contributed by atoms with van der Waals surface area (Å²) in [5, 5.41) is 7.37. The lowest BCUT2D eigenvalue weighted by molar-refractivity contribution is -0.116. The Morgan fingerprint density at radius 1 is 1.07 bits per heavy atom. The number of benzene rings is 2. The predicted octanol–water partition coefficient (Wildman–Crippen LogP) is 3.35. The van der Waals surface area contributed by atoms with Crippen molar-refractivity contribution < 1.29 is 14.3 Å². The first-order valence-corrected chi connectivity index (χ1v) is 9.17. The molecule has 1 amide bonds.